The molecule has 1 aromatic rings. The molecule has 0 aliphatic rings. The second kappa shape index (κ2) is 16.8. The van der Waals surface area contributed by atoms with Crippen molar-refractivity contribution >= 4 is 5.78 Å². The molecule has 0 fully saturated rings. The molecule has 0 spiro atoms. The predicted octanol–water partition coefficient (Wildman–Crippen LogP) is 7.72. The molecule has 1 aromatic carbocycles. The van der Waals surface area contributed by atoms with Gasteiger partial charge in [-0.05, 0) is 39.0 Å². The Labute approximate surface area is 183 Å². The summed E-state index contributed by atoms with van der Waals surface area (Å²) in [5, 5.41) is 19.6. The average molecular weight is 419 g/mol. The molecule has 4 heteroatoms. The Balaban J connectivity index is 1.96. The quantitative estimate of drug-likeness (QED) is 0.145. The molecule has 0 atom stereocenters. The van der Waals surface area contributed by atoms with Crippen molar-refractivity contribution in [1.29, 1.82) is 0 Å². The number of hydrogen-bond acceptors (Lipinski definition) is 4. The number of benzene rings is 1. The molecule has 0 aromatic heterocycles. The highest BCUT2D eigenvalue weighted by Gasteiger charge is 2.14. The van der Waals surface area contributed by atoms with Crippen LogP contribution in [0.5, 0.6) is 17.2 Å². The summed E-state index contributed by atoms with van der Waals surface area (Å²) in [5.74, 6) is -0.454. The van der Waals surface area contributed by atoms with E-state index in [4.69, 9.17) is 4.74 Å². The second-order valence-corrected chi connectivity index (χ2v) is 8.18. The Morgan fingerprint density at radius 1 is 0.800 bits per heavy atom. The van der Waals surface area contributed by atoms with Gasteiger partial charge in [-0.1, -0.05) is 76.9 Å². The molecule has 4 nitrogen and oxygen atoms in total. The molecular formula is C26H42O4. The fourth-order valence-corrected chi connectivity index (χ4v) is 3.57. The number of phenolic OH excluding ortho intramolecular Hbond substituents is 2. The zero-order valence-corrected chi connectivity index (χ0v) is 19.1. The number of carbonyl (C=O) groups excluding carboxylic acids is 1. The topological polar surface area (TPSA) is 66.8 Å². The van der Waals surface area contributed by atoms with Crippen LogP contribution in [0.4, 0.5) is 0 Å². The van der Waals surface area contributed by atoms with Crippen LogP contribution in [-0.2, 0) is 0 Å². The first-order valence-corrected chi connectivity index (χ1v) is 11.9. The monoisotopic (exact) mass is 418 g/mol. The van der Waals surface area contributed by atoms with Crippen LogP contribution in [0.25, 0.3) is 0 Å². The molecule has 30 heavy (non-hydrogen) atoms. The number of Topliss-reactive ketones (excluding diaryl/α,β-unsaturated/α-hetero) is 1. The van der Waals surface area contributed by atoms with Crippen molar-refractivity contribution in [1.82, 2.24) is 0 Å². The average Bonchev–Trinajstić information content (AvgIpc) is 2.69. The first-order chi connectivity index (χ1) is 14.6. The number of carbonyl (C=O) groups is 1. The molecule has 0 saturated heterocycles. The van der Waals surface area contributed by atoms with Gasteiger partial charge in [0.1, 0.15) is 22.8 Å². The minimum atomic E-state index is -0.371. The number of aromatic hydroxyl groups is 2. The van der Waals surface area contributed by atoms with Crippen LogP contribution >= 0.6 is 0 Å². The molecule has 0 amide bonds. The van der Waals surface area contributed by atoms with Gasteiger partial charge >= 0.3 is 0 Å². The number of unbranched alkanes of at least 4 members (excludes halogenated alkanes) is 12. The minimum Gasteiger partial charge on any atom is -0.507 e. The number of hydrogen-bond donors (Lipinski definition) is 2. The fraction of sp³-hybridized carbons (Fsp3) is 0.654. The molecule has 0 saturated carbocycles. The summed E-state index contributed by atoms with van der Waals surface area (Å²) in [5.41, 5.74) is -0.0559. The molecular weight excluding hydrogens is 376 g/mol. The van der Waals surface area contributed by atoms with Gasteiger partial charge in [0.2, 0.25) is 0 Å². The zero-order chi connectivity index (χ0) is 22.0. The van der Waals surface area contributed by atoms with E-state index in [1.54, 1.807) is 0 Å². The van der Waals surface area contributed by atoms with Crippen LogP contribution in [-0.4, -0.2) is 22.6 Å². The number of phenols is 2. The maximum absolute atomic E-state index is 11.4. The van der Waals surface area contributed by atoms with Crippen molar-refractivity contribution in [3.8, 4) is 17.2 Å². The van der Waals surface area contributed by atoms with Gasteiger partial charge in [-0.3, -0.25) is 4.79 Å². The number of ketones is 1. The molecule has 1 rings (SSSR count). The number of allylic oxidation sites excluding steroid dienone is 2. The van der Waals surface area contributed by atoms with E-state index in [0.717, 1.165) is 12.8 Å². The van der Waals surface area contributed by atoms with Gasteiger partial charge in [-0.2, -0.15) is 0 Å². The van der Waals surface area contributed by atoms with Crippen LogP contribution in [0.3, 0.4) is 0 Å². The van der Waals surface area contributed by atoms with E-state index in [2.05, 4.69) is 19.1 Å². The fourth-order valence-electron chi connectivity index (χ4n) is 3.57. The standard InChI is InChI=1S/C26H42O4/c1-3-4-5-6-7-8-9-10-11-12-13-14-15-16-17-18-19-30-23-20-24(28)26(22(2)27)25(29)21-23/h10-11,20-21,28-29H,3-9,12-19H2,1-2H3/b11-10-. The van der Waals surface area contributed by atoms with Crippen molar-refractivity contribution in [2.75, 3.05) is 6.61 Å². The van der Waals surface area contributed by atoms with Gasteiger partial charge < -0.3 is 14.9 Å². The van der Waals surface area contributed by atoms with Crippen LogP contribution in [0, 0.1) is 0 Å². The highest BCUT2D eigenvalue weighted by molar-refractivity contribution is 5.99. The van der Waals surface area contributed by atoms with Crippen molar-refractivity contribution in [3.05, 3.63) is 29.8 Å². The number of ether oxygens (including phenoxy) is 1. The highest BCUT2D eigenvalue weighted by Crippen LogP contribution is 2.32. The normalized spacial score (nSPS) is 11.3. The zero-order valence-electron chi connectivity index (χ0n) is 19.1. The Bertz CT molecular complexity index is 598. The van der Waals surface area contributed by atoms with Gasteiger partial charge in [0.05, 0.1) is 6.61 Å². The van der Waals surface area contributed by atoms with Crippen molar-refractivity contribution in [2.24, 2.45) is 0 Å². The third-order valence-corrected chi connectivity index (χ3v) is 5.35. The largest absolute Gasteiger partial charge is 0.507 e. The van der Waals surface area contributed by atoms with E-state index in [9.17, 15) is 15.0 Å². The summed E-state index contributed by atoms with van der Waals surface area (Å²) in [6, 6.07) is 2.77. The van der Waals surface area contributed by atoms with E-state index in [1.165, 1.54) is 96.1 Å². The predicted molar refractivity (Wildman–Crippen MR) is 125 cm³/mol. The maximum atomic E-state index is 11.4. The molecule has 0 aliphatic heterocycles. The van der Waals surface area contributed by atoms with Crippen molar-refractivity contribution in [3.63, 3.8) is 0 Å². The molecule has 0 aliphatic carbocycles. The second-order valence-electron chi connectivity index (χ2n) is 8.18. The Hall–Kier alpha value is -1.97. The van der Waals surface area contributed by atoms with Crippen LogP contribution < -0.4 is 4.74 Å². The lowest BCUT2D eigenvalue weighted by atomic mass is 10.1. The molecule has 170 valence electrons. The van der Waals surface area contributed by atoms with E-state index in [0.29, 0.717) is 12.4 Å². The molecule has 0 unspecified atom stereocenters. The molecule has 0 radical (unpaired) electrons. The molecule has 2 N–H and O–H groups in total. The highest BCUT2D eigenvalue weighted by atomic mass is 16.5. The van der Waals surface area contributed by atoms with Gasteiger partial charge in [0, 0.05) is 12.1 Å². The maximum Gasteiger partial charge on any atom is 0.167 e. The lowest BCUT2D eigenvalue weighted by Gasteiger charge is -2.10. The Morgan fingerprint density at radius 3 is 1.77 bits per heavy atom. The van der Waals surface area contributed by atoms with Gasteiger partial charge in [0.25, 0.3) is 0 Å². The third kappa shape index (κ3) is 11.9. The molecule has 0 bridgehead atoms. The Morgan fingerprint density at radius 2 is 1.27 bits per heavy atom. The lowest BCUT2D eigenvalue weighted by molar-refractivity contribution is 0.101. The molecule has 0 heterocycles. The van der Waals surface area contributed by atoms with Gasteiger partial charge in [-0.25, -0.2) is 0 Å². The van der Waals surface area contributed by atoms with E-state index in [-0.39, 0.29) is 22.8 Å². The lowest BCUT2D eigenvalue weighted by Crippen LogP contribution is -1.99. The van der Waals surface area contributed by atoms with Gasteiger partial charge in [-0.15, -0.1) is 0 Å². The smallest absolute Gasteiger partial charge is 0.167 e. The summed E-state index contributed by atoms with van der Waals surface area (Å²) in [4.78, 5) is 11.4. The van der Waals surface area contributed by atoms with E-state index < -0.39 is 0 Å². The van der Waals surface area contributed by atoms with E-state index in [1.807, 2.05) is 0 Å². The summed E-state index contributed by atoms with van der Waals surface area (Å²) in [6.45, 7) is 4.11. The Kier molecular flexibility index (Phi) is 14.6. The summed E-state index contributed by atoms with van der Waals surface area (Å²) in [7, 11) is 0. The first-order valence-electron chi connectivity index (χ1n) is 11.9. The third-order valence-electron chi connectivity index (χ3n) is 5.35. The van der Waals surface area contributed by atoms with Crippen molar-refractivity contribution in [2.45, 2.75) is 104 Å². The summed E-state index contributed by atoms with van der Waals surface area (Å²) < 4.78 is 5.58. The number of rotatable bonds is 18. The SMILES string of the molecule is CCCCCCCC/C=C\CCCCCCCCOc1cc(O)c(C(C)=O)c(O)c1. The van der Waals surface area contributed by atoms with Gasteiger partial charge in [0.15, 0.2) is 5.78 Å². The van der Waals surface area contributed by atoms with Crippen LogP contribution in [0.15, 0.2) is 24.3 Å². The van der Waals surface area contributed by atoms with Crippen LogP contribution in [0.2, 0.25) is 0 Å². The summed E-state index contributed by atoms with van der Waals surface area (Å²) in [6.07, 6.45) is 22.4. The first kappa shape index (κ1) is 26.1. The minimum absolute atomic E-state index is 0.0559. The van der Waals surface area contributed by atoms with Crippen LogP contribution in [0.1, 0.15) is 114 Å². The van der Waals surface area contributed by atoms with E-state index >= 15 is 0 Å². The summed E-state index contributed by atoms with van der Waals surface area (Å²) >= 11 is 0. The van der Waals surface area contributed by atoms with Crippen molar-refractivity contribution < 1.29 is 19.7 Å².